The minimum Gasteiger partial charge on any atom is -0.496 e. The maximum atomic E-state index is 5.44. The molecule has 1 aromatic carbocycles. The Morgan fingerprint density at radius 3 is 2.50 bits per heavy atom. The molecule has 2 nitrogen and oxygen atoms in total. The van der Waals surface area contributed by atoms with Crippen molar-refractivity contribution in [3.05, 3.63) is 42.0 Å². The number of ether oxygens (including phenoxy) is 1. The summed E-state index contributed by atoms with van der Waals surface area (Å²) in [6.07, 6.45) is 9.47. The molecule has 0 bridgehead atoms. The minimum atomic E-state index is 0.674. The first-order valence-electron chi connectivity index (χ1n) is 6.91. The summed E-state index contributed by atoms with van der Waals surface area (Å²) in [5.41, 5.74) is 1.38. The second-order valence-corrected chi connectivity index (χ2v) is 5.41. The van der Waals surface area contributed by atoms with E-state index >= 15 is 0 Å². The largest absolute Gasteiger partial charge is 0.496 e. The SMILES string of the molecule is COc1ccccc1C1CC(NC2CC=CC2)C1. The van der Waals surface area contributed by atoms with Crippen LogP contribution in [0, 0.1) is 0 Å². The lowest BCUT2D eigenvalue weighted by molar-refractivity contribution is 0.262. The van der Waals surface area contributed by atoms with Gasteiger partial charge in [-0.1, -0.05) is 30.4 Å². The highest BCUT2D eigenvalue weighted by molar-refractivity contribution is 5.37. The van der Waals surface area contributed by atoms with E-state index in [1.165, 1.54) is 31.2 Å². The minimum absolute atomic E-state index is 0.674. The van der Waals surface area contributed by atoms with Gasteiger partial charge >= 0.3 is 0 Å². The molecule has 0 radical (unpaired) electrons. The van der Waals surface area contributed by atoms with Crippen molar-refractivity contribution in [2.75, 3.05) is 7.11 Å². The van der Waals surface area contributed by atoms with Gasteiger partial charge in [0.1, 0.15) is 5.75 Å². The van der Waals surface area contributed by atoms with E-state index in [1.54, 1.807) is 7.11 Å². The summed E-state index contributed by atoms with van der Waals surface area (Å²) in [5.74, 6) is 1.72. The van der Waals surface area contributed by atoms with Crippen LogP contribution in [0.5, 0.6) is 5.75 Å². The molecule has 2 aliphatic rings. The maximum Gasteiger partial charge on any atom is 0.122 e. The van der Waals surface area contributed by atoms with Crippen molar-refractivity contribution >= 4 is 0 Å². The molecule has 1 aromatic rings. The zero-order chi connectivity index (χ0) is 12.4. The van der Waals surface area contributed by atoms with Gasteiger partial charge in [0.2, 0.25) is 0 Å². The summed E-state index contributed by atoms with van der Waals surface area (Å²) >= 11 is 0. The Bertz CT molecular complexity index is 426. The first kappa shape index (κ1) is 11.8. The second-order valence-electron chi connectivity index (χ2n) is 5.41. The van der Waals surface area contributed by atoms with Gasteiger partial charge in [0.15, 0.2) is 0 Å². The second kappa shape index (κ2) is 5.15. The molecular weight excluding hydrogens is 222 g/mol. The van der Waals surface area contributed by atoms with Crippen molar-refractivity contribution in [3.63, 3.8) is 0 Å². The number of rotatable bonds is 4. The van der Waals surface area contributed by atoms with Crippen LogP contribution in [0.2, 0.25) is 0 Å². The molecule has 0 unspecified atom stereocenters. The average Bonchev–Trinajstić information content (AvgIpc) is 2.86. The predicted octanol–water partition coefficient (Wildman–Crippen LogP) is 3.25. The maximum absolute atomic E-state index is 5.44. The summed E-state index contributed by atoms with van der Waals surface area (Å²) in [7, 11) is 1.76. The van der Waals surface area contributed by atoms with Crippen LogP contribution in [-0.4, -0.2) is 19.2 Å². The molecule has 0 atom stereocenters. The molecule has 0 spiro atoms. The molecule has 0 amide bonds. The van der Waals surface area contributed by atoms with Gasteiger partial charge in [-0.2, -0.15) is 0 Å². The number of hydrogen-bond acceptors (Lipinski definition) is 2. The van der Waals surface area contributed by atoms with Gasteiger partial charge in [-0.25, -0.2) is 0 Å². The van der Waals surface area contributed by atoms with E-state index in [0.29, 0.717) is 18.0 Å². The van der Waals surface area contributed by atoms with Gasteiger partial charge in [-0.15, -0.1) is 0 Å². The number of methoxy groups -OCH3 is 1. The van der Waals surface area contributed by atoms with Crippen molar-refractivity contribution in [1.82, 2.24) is 5.32 Å². The Hall–Kier alpha value is -1.28. The quantitative estimate of drug-likeness (QED) is 0.820. The first-order chi connectivity index (χ1) is 8.86. The molecule has 1 saturated carbocycles. The fourth-order valence-corrected chi connectivity index (χ4v) is 3.10. The fraction of sp³-hybridized carbons (Fsp3) is 0.500. The van der Waals surface area contributed by atoms with Crippen LogP contribution >= 0.6 is 0 Å². The van der Waals surface area contributed by atoms with Gasteiger partial charge in [-0.05, 0) is 43.2 Å². The molecular formula is C16H21NO. The van der Waals surface area contributed by atoms with Crippen molar-refractivity contribution < 1.29 is 4.74 Å². The van der Waals surface area contributed by atoms with Crippen LogP contribution in [0.1, 0.15) is 37.2 Å². The van der Waals surface area contributed by atoms with Gasteiger partial charge in [0.05, 0.1) is 7.11 Å². The summed E-state index contributed by atoms with van der Waals surface area (Å²) in [4.78, 5) is 0. The molecule has 1 N–H and O–H groups in total. The van der Waals surface area contributed by atoms with Crippen LogP contribution in [0.3, 0.4) is 0 Å². The third-order valence-corrected chi connectivity index (χ3v) is 4.20. The smallest absolute Gasteiger partial charge is 0.122 e. The van der Waals surface area contributed by atoms with Crippen LogP contribution in [0.25, 0.3) is 0 Å². The van der Waals surface area contributed by atoms with E-state index in [1.807, 2.05) is 6.07 Å². The molecule has 18 heavy (non-hydrogen) atoms. The van der Waals surface area contributed by atoms with Crippen molar-refractivity contribution in [3.8, 4) is 5.75 Å². The Labute approximate surface area is 109 Å². The zero-order valence-corrected chi connectivity index (χ0v) is 10.9. The molecule has 0 aromatic heterocycles. The topological polar surface area (TPSA) is 21.3 Å². The standard InChI is InChI=1S/C16H21NO/c1-18-16-9-5-4-8-15(16)12-10-14(11-12)17-13-6-2-3-7-13/h2-5,8-9,12-14,17H,6-7,10-11H2,1H3. The molecule has 2 heteroatoms. The van der Waals surface area contributed by atoms with Gasteiger partial charge < -0.3 is 10.1 Å². The van der Waals surface area contributed by atoms with Gasteiger partial charge in [-0.3, -0.25) is 0 Å². The average molecular weight is 243 g/mol. The van der Waals surface area contributed by atoms with E-state index in [2.05, 4.69) is 35.7 Å². The normalized spacial score (nSPS) is 27.2. The molecule has 96 valence electrons. The first-order valence-corrected chi connectivity index (χ1v) is 6.91. The summed E-state index contributed by atoms with van der Waals surface area (Å²) in [6, 6.07) is 9.81. The van der Waals surface area contributed by atoms with E-state index in [0.717, 1.165) is 5.75 Å². The van der Waals surface area contributed by atoms with Gasteiger partial charge in [0.25, 0.3) is 0 Å². The fourth-order valence-electron chi connectivity index (χ4n) is 3.10. The molecule has 0 aliphatic heterocycles. The highest BCUT2D eigenvalue weighted by Gasteiger charge is 2.33. The van der Waals surface area contributed by atoms with Gasteiger partial charge in [0, 0.05) is 12.1 Å². The molecule has 0 saturated heterocycles. The zero-order valence-electron chi connectivity index (χ0n) is 10.9. The highest BCUT2D eigenvalue weighted by Crippen LogP contribution is 2.41. The Balaban J connectivity index is 1.55. The van der Waals surface area contributed by atoms with Crippen LogP contribution in [0.4, 0.5) is 0 Å². The van der Waals surface area contributed by atoms with E-state index in [4.69, 9.17) is 4.74 Å². The van der Waals surface area contributed by atoms with Crippen LogP contribution in [-0.2, 0) is 0 Å². The lowest BCUT2D eigenvalue weighted by Gasteiger charge is -2.38. The number of nitrogens with one attached hydrogen (secondary N) is 1. The summed E-state index contributed by atoms with van der Waals surface area (Å²) in [5, 5.41) is 3.75. The third-order valence-electron chi connectivity index (χ3n) is 4.20. The number of hydrogen-bond donors (Lipinski definition) is 1. The lowest BCUT2D eigenvalue weighted by Crippen LogP contribution is -2.44. The van der Waals surface area contributed by atoms with Crippen molar-refractivity contribution in [1.29, 1.82) is 0 Å². The third kappa shape index (κ3) is 2.30. The monoisotopic (exact) mass is 243 g/mol. The van der Waals surface area contributed by atoms with Crippen LogP contribution in [0.15, 0.2) is 36.4 Å². The molecule has 1 fully saturated rings. The lowest BCUT2D eigenvalue weighted by atomic mass is 9.75. The summed E-state index contributed by atoms with van der Waals surface area (Å²) in [6.45, 7) is 0. The van der Waals surface area contributed by atoms with Crippen LogP contribution < -0.4 is 10.1 Å². The van der Waals surface area contributed by atoms with E-state index in [-0.39, 0.29) is 0 Å². The van der Waals surface area contributed by atoms with E-state index in [9.17, 15) is 0 Å². The molecule has 3 rings (SSSR count). The predicted molar refractivity (Wildman–Crippen MR) is 74.1 cm³/mol. The van der Waals surface area contributed by atoms with Crippen molar-refractivity contribution in [2.24, 2.45) is 0 Å². The highest BCUT2D eigenvalue weighted by atomic mass is 16.5. The summed E-state index contributed by atoms with van der Waals surface area (Å²) < 4.78 is 5.44. The van der Waals surface area contributed by atoms with Crippen molar-refractivity contribution in [2.45, 2.75) is 43.7 Å². The Morgan fingerprint density at radius 1 is 1.06 bits per heavy atom. The Kier molecular flexibility index (Phi) is 3.37. The molecule has 0 heterocycles. The number of benzene rings is 1. The number of para-hydroxylation sites is 1. The molecule has 2 aliphatic carbocycles. The Morgan fingerprint density at radius 2 is 1.78 bits per heavy atom. The van der Waals surface area contributed by atoms with E-state index < -0.39 is 0 Å².